The molecule has 0 amide bonds. The first kappa shape index (κ1) is 17.8. The van der Waals surface area contributed by atoms with Crippen LogP contribution >= 0.6 is 11.3 Å². The van der Waals surface area contributed by atoms with E-state index < -0.39 is 20.0 Å². The number of sulfonamides is 2. The molecule has 6 nitrogen and oxygen atoms in total. The lowest BCUT2D eigenvalue weighted by atomic mass is 10.3. The van der Waals surface area contributed by atoms with Gasteiger partial charge in [0.05, 0.1) is 0 Å². The molecule has 124 valence electrons. The average molecular weight is 372 g/mol. The highest BCUT2D eigenvalue weighted by Gasteiger charge is 2.33. The third-order valence-corrected chi connectivity index (χ3v) is 7.79. The summed E-state index contributed by atoms with van der Waals surface area (Å²) in [6, 6.07) is 6.52. The van der Waals surface area contributed by atoms with E-state index in [0.717, 1.165) is 15.6 Å². The first-order valence-electron chi connectivity index (χ1n) is 6.49. The standard InChI is InChI=1S/C14H16N2O4S3/c1-3-9-16(10-4-2)23(19,20)14-13(22(15,17)18)11-7-5-6-8-12(11)21-14/h3-8H,1-2,9-10H2,(H2,15,17,18). The highest BCUT2D eigenvalue weighted by molar-refractivity contribution is 7.94. The maximum absolute atomic E-state index is 12.9. The van der Waals surface area contributed by atoms with Crippen molar-refractivity contribution in [2.45, 2.75) is 9.10 Å². The van der Waals surface area contributed by atoms with Gasteiger partial charge in [0.2, 0.25) is 10.0 Å². The van der Waals surface area contributed by atoms with E-state index in [4.69, 9.17) is 5.14 Å². The van der Waals surface area contributed by atoms with Crippen LogP contribution in [0.4, 0.5) is 0 Å². The quantitative estimate of drug-likeness (QED) is 0.751. The van der Waals surface area contributed by atoms with Crippen LogP contribution in [0.3, 0.4) is 0 Å². The molecule has 2 aromatic rings. The summed E-state index contributed by atoms with van der Waals surface area (Å²) in [5, 5.41) is 5.57. The van der Waals surface area contributed by atoms with Crippen LogP contribution in [-0.2, 0) is 20.0 Å². The van der Waals surface area contributed by atoms with E-state index in [1.165, 1.54) is 18.2 Å². The Kier molecular flexibility index (Phi) is 5.07. The largest absolute Gasteiger partial charge is 0.254 e. The summed E-state index contributed by atoms with van der Waals surface area (Å²) in [7, 11) is -8.26. The lowest BCUT2D eigenvalue weighted by Gasteiger charge is -2.18. The topological polar surface area (TPSA) is 97.5 Å². The van der Waals surface area contributed by atoms with E-state index in [9.17, 15) is 16.8 Å². The van der Waals surface area contributed by atoms with Gasteiger partial charge in [0.15, 0.2) is 4.21 Å². The molecule has 2 rings (SSSR count). The zero-order valence-corrected chi connectivity index (χ0v) is 14.6. The monoisotopic (exact) mass is 372 g/mol. The number of thiophene rings is 1. The summed E-state index contributed by atoms with van der Waals surface area (Å²) in [5.41, 5.74) is 0. The second-order valence-electron chi connectivity index (χ2n) is 4.66. The number of hydrogen-bond donors (Lipinski definition) is 1. The molecule has 0 unspecified atom stereocenters. The maximum atomic E-state index is 12.9. The Morgan fingerprint density at radius 3 is 2.17 bits per heavy atom. The molecule has 9 heteroatoms. The summed E-state index contributed by atoms with van der Waals surface area (Å²) in [5.74, 6) is 0. The van der Waals surface area contributed by atoms with Crippen molar-refractivity contribution in [2.75, 3.05) is 13.1 Å². The molecule has 0 radical (unpaired) electrons. The van der Waals surface area contributed by atoms with Crippen molar-refractivity contribution in [2.24, 2.45) is 5.14 Å². The maximum Gasteiger partial charge on any atom is 0.254 e. The summed E-state index contributed by atoms with van der Waals surface area (Å²) in [6.07, 6.45) is 2.84. The Morgan fingerprint density at radius 2 is 1.65 bits per heavy atom. The Morgan fingerprint density at radius 1 is 1.09 bits per heavy atom. The summed E-state index contributed by atoms with van der Waals surface area (Å²) >= 11 is 0.880. The number of nitrogens with two attached hydrogens (primary N) is 1. The van der Waals surface area contributed by atoms with Crippen LogP contribution in [0.15, 0.2) is 58.7 Å². The normalized spacial score (nSPS) is 12.6. The summed E-state index contributed by atoms with van der Waals surface area (Å²) in [6.45, 7) is 7.12. The Labute approximate surface area is 139 Å². The van der Waals surface area contributed by atoms with Crippen LogP contribution in [-0.4, -0.2) is 34.2 Å². The van der Waals surface area contributed by atoms with Gasteiger partial charge in [-0.2, -0.15) is 4.31 Å². The van der Waals surface area contributed by atoms with Gasteiger partial charge in [-0.1, -0.05) is 30.4 Å². The predicted molar refractivity (Wildman–Crippen MR) is 92.4 cm³/mol. The summed E-state index contributed by atoms with van der Waals surface area (Å²) < 4.78 is 51.0. The van der Waals surface area contributed by atoms with Crippen LogP contribution in [0.25, 0.3) is 10.1 Å². The molecule has 0 spiro atoms. The van der Waals surface area contributed by atoms with Gasteiger partial charge >= 0.3 is 0 Å². The first-order valence-corrected chi connectivity index (χ1v) is 10.3. The van der Waals surface area contributed by atoms with E-state index in [-0.39, 0.29) is 22.2 Å². The molecular formula is C14H16N2O4S3. The smallest absolute Gasteiger partial charge is 0.225 e. The summed E-state index contributed by atoms with van der Waals surface area (Å²) in [4.78, 5) is -0.365. The third kappa shape index (κ3) is 3.38. The molecule has 1 aromatic carbocycles. The highest BCUT2D eigenvalue weighted by atomic mass is 32.2. The minimum Gasteiger partial charge on any atom is -0.225 e. The van der Waals surface area contributed by atoms with Crippen LogP contribution in [0, 0.1) is 0 Å². The first-order chi connectivity index (χ1) is 10.7. The van der Waals surface area contributed by atoms with Gasteiger partial charge in [-0.3, -0.25) is 0 Å². The fourth-order valence-corrected chi connectivity index (χ4v) is 7.05. The van der Waals surface area contributed by atoms with E-state index in [1.54, 1.807) is 18.2 Å². The van der Waals surface area contributed by atoms with Gasteiger partial charge in [-0.05, 0) is 6.07 Å². The zero-order valence-electron chi connectivity index (χ0n) is 12.2. The molecule has 0 bridgehead atoms. The predicted octanol–water partition coefficient (Wildman–Crippen LogP) is 1.91. The van der Waals surface area contributed by atoms with Crippen molar-refractivity contribution in [3.8, 4) is 0 Å². The molecule has 0 saturated carbocycles. The Balaban J connectivity index is 2.81. The SMILES string of the molecule is C=CCN(CC=C)S(=O)(=O)c1sc2ccccc2c1S(N)(=O)=O. The number of fused-ring (bicyclic) bond motifs is 1. The number of benzene rings is 1. The molecule has 0 aliphatic carbocycles. The fraction of sp³-hybridized carbons (Fsp3) is 0.143. The molecular weight excluding hydrogens is 356 g/mol. The molecule has 1 aromatic heterocycles. The van der Waals surface area contributed by atoms with Crippen molar-refractivity contribution >= 4 is 41.5 Å². The molecule has 1 heterocycles. The Bertz CT molecular complexity index is 949. The van der Waals surface area contributed by atoms with Gasteiger partial charge in [-0.25, -0.2) is 22.0 Å². The minimum absolute atomic E-state index is 0.0344. The number of rotatable bonds is 7. The van der Waals surface area contributed by atoms with Crippen LogP contribution in [0.2, 0.25) is 0 Å². The molecule has 0 atom stereocenters. The lowest BCUT2D eigenvalue weighted by molar-refractivity contribution is 0.474. The molecule has 0 aliphatic heterocycles. The zero-order chi connectivity index (χ0) is 17.3. The second-order valence-corrected chi connectivity index (χ2v) is 9.34. The van der Waals surface area contributed by atoms with Gasteiger partial charge in [0, 0.05) is 23.2 Å². The average Bonchev–Trinajstić information content (AvgIpc) is 2.87. The van der Waals surface area contributed by atoms with Gasteiger partial charge in [0.1, 0.15) is 4.90 Å². The van der Waals surface area contributed by atoms with Gasteiger partial charge in [-0.15, -0.1) is 24.5 Å². The molecule has 0 fully saturated rings. The number of primary sulfonamides is 1. The number of hydrogen-bond acceptors (Lipinski definition) is 5. The van der Waals surface area contributed by atoms with Crippen molar-refractivity contribution in [1.29, 1.82) is 0 Å². The molecule has 2 N–H and O–H groups in total. The van der Waals surface area contributed by atoms with E-state index in [1.807, 2.05) is 0 Å². The van der Waals surface area contributed by atoms with Crippen LogP contribution < -0.4 is 5.14 Å². The van der Waals surface area contributed by atoms with E-state index in [2.05, 4.69) is 13.2 Å². The number of nitrogens with zero attached hydrogens (tertiary/aromatic N) is 1. The van der Waals surface area contributed by atoms with E-state index in [0.29, 0.717) is 10.1 Å². The highest BCUT2D eigenvalue weighted by Crippen LogP contribution is 2.38. The van der Waals surface area contributed by atoms with Crippen LogP contribution in [0.1, 0.15) is 0 Å². The van der Waals surface area contributed by atoms with Crippen molar-refractivity contribution in [3.05, 3.63) is 49.6 Å². The van der Waals surface area contributed by atoms with Gasteiger partial charge < -0.3 is 0 Å². The Hall–Kier alpha value is -1.52. The van der Waals surface area contributed by atoms with Crippen molar-refractivity contribution < 1.29 is 16.8 Å². The molecule has 0 saturated heterocycles. The molecule has 0 aliphatic rings. The minimum atomic E-state index is -4.21. The van der Waals surface area contributed by atoms with Crippen LogP contribution in [0.5, 0.6) is 0 Å². The lowest BCUT2D eigenvalue weighted by Crippen LogP contribution is -2.32. The van der Waals surface area contributed by atoms with Crippen molar-refractivity contribution in [1.82, 2.24) is 4.31 Å². The van der Waals surface area contributed by atoms with Crippen molar-refractivity contribution in [3.63, 3.8) is 0 Å². The van der Waals surface area contributed by atoms with Gasteiger partial charge in [0.25, 0.3) is 10.0 Å². The van der Waals surface area contributed by atoms with E-state index >= 15 is 0 Å². The molecule has 23 heavy (non-hydrogen) atoms. The fourth-order valence-electron chi connectivity index (χ4n) is 2.11. The third-order valence-electron chi connectivity index (χ3n) is 3.04. The second kappa shape index (κ2) is 6.54.